The van der Waals surface area contributed by atoms with E-state index in [0.717, 1.165) is 28.2 Å². The smallest absolute Gasteiger partial charge is 0.202 e. The number of rotatable bonds is 8. The molecule has 2 aromatic carbocycles. The lowest BCUT2D eigenvalue weighted by Crippen LogP contribution is -2.08. The summed E-state index contributed by atoms with van der Waals surface area (Å²) in [6.45, 7) is 10.2. The van der Waals surface area contributed by atoms with Gasteiger partial charge in [-0.3, -0.25) is 0 Å². The molecule has 29 heavy (non-hydrogen) atoms. The first-order valence-corrected chi connectivity index (χ1v) is 10.1. The zero-order valence-electron chi connectivity index (χ0n) is 17.6. The minimum Gasteiger partial charge on any atom is -0.491 e. The van der Waals surface area contributed by atoms with Gasteiger partial charge in [-0.15, -0.1) is 0 Å². The Labute approximate surface area is 178 Å². The fraction of sp³-hybridized carbons (Fsp3) is 0.333. The number of ether oxygens (including phenoxy) is 3. The molecule has 0 amide bonds. The maximum absolute atomic E-state index is 9.84. The van der Waals surface area contributed by atoms with Crippen LogP contribution in [0.1, 0.15) is 45.7 Å². The molecule has 2 aromatic rings. The first kappa shape index (κ1) is 22.4. The molecule has 0 aromatic heterocycles. The van der Waals surface area contributed by atoms with Gasteiger partial charge in [0.05, 0.1) is 18.8 Å². The largest absolute Gasteiger partial charge is 0.491 e. The van der Waals surface area contributed by atoms with Crippen LogP contribution in [0.4, 0.5) is 0 Å². The summed E-state index contributed by atoms with van der Waals surface area (Å²) in [5, 5.41) is 10.0. The van der Waals surface area contributed by atoms with Crippen molar-refractivity contribution in [1.82, 2.24) is 0 Å². The summed E-state index contributed by atoms with van der Waals surface area (Å²) in [6, 6.07) is 17.5. The van der Waals surface area contributed by atoms with Crippen molar-refractivity contribution >= 4 is 22.8 Å². The van der Waals surface area contributed by atoms with Crippen molar-refractivity contribution in [2.45, 2.75) is 46.8 Å². The van der Waals surface area contributed by atoms with E-state index in [1.54, 1.807) is 0 Å². The van der Waals surface area contributed by atoms with Crippen molar-refractivity contribution in [2.75, 3.05) is 6.61 Å². The molecule has 0 aliphatic heterocycles. The summed E-state index contributed by atoms with van der Waals surface area (Å²) in [6.07, 6.45) is 0.175. The molecule has 5 heteroatoms. The van der Waals surface area contributed by atoms with Crippen LogP contribution in [-0.2, 0) is 4.74 Å². The number of nitrogens with zero attached hydrogens (tertiary/aromatic N) is 1. The van der Waals surface area contributed by atoms with Crippen LogP contribution in [-0.4, -0.2) is 23.9 Å². The van der Waals surface area contributed by atoms with Gasteiger partial charge in [0.1, 0.15) is 23.1 Å². The summed E-state index contributed by atoms with van der Waals surface area (Å²) >= 11 is 5.36. The number of benzene rings is 2. The predicted molar refractivity (Wildman–Crippen MR) is 120 cm³/mol. The lowest BCUT2D eigenvalue weighted by Gasteiger charge is -2.15. The average Bonchev–Trinajstić information content (AvgIpc) is 2.67. The predicted octanol–water partition coefficient (Wildman–Crippen LogP) is 5.95. The van der Waals surface area contributed by atoms with Crippen LogP contribution in [0.2, 0.25) is 0 Å². The van der Waals surface area contributed by atoms with Gasteiger partial charge in [0, 0.05) is 5.57 Å². The number of nitriles is 1. The quantitative estimate of drug-likeness (QED) is 0.306. The van der Waals surface area contributed by atoms with E-state index in [2.05, 4.69) is 6.07 Å². The molecule has 0 aliphatic carbocycles. The normalized spacial score (nSPS) is 10.4. The summed E-state index contributed by atoms with van der Waals surface area (Å²) in [7, 11) is 0. The van der Waals surface area contributed by atoms with E-state index in [0.29, 0.717) is 12.2 Å². The van der Waals surface area contributed by atoms with E-state index in [-0.39, 0.29) is 17.3 Å². The number of hydrogen-bond donors (Lipinski definition) is 0. The van der Waals surface area contributed by atoms with Crippen molar-refractivity contribution in [3.63, 3.8) is 0 Å². The van der Waals surface area contributed by atoms with Crippen LogP contribution in [0.25, 0.3) is 5.57 Å². The SMILES string of the molecule is CCOC(=S)C(C#N)=C(c1ccc(OC(C)C)cc1)c1ccc(OC(C)C)cc1. The molecule has 0 unspecified atom stereocenters. The van der Waals surface area contributed by atoms with Crippen LogP contribution >= 0.6 is 12.2 Å². The molecule has 2 rings (SSSR count). The van der Waals surface area contributed by atoms with Gasteiger partial charge >= 0.3 is 0 Å². The molecule has 0 spiro atoms. The molecule has 4 nitrogen and oxygen atoms in total. The highest BCUT2D eigenvalue weighted by atomic mass is 32.1. The Balaban J connectivity index is 2.54. The van der Waals surface area contributed by atoms with Crippen LogP contribution in [0.15, 0.2) is 54.1 Å². The van der Waals surface area contributed by atoms with Crippen molar-refractivity contribution in [3.05, 3.63) is 65.2 Å². The van der Waals surface area contributed by atoms with Gasteiger partial charge in [0.25, 0.3) is 0 Å². The highest BCUT2D eigenvalue weighted by Gasteiger charge is 2.17. The van der Waals surface area contributed by atoms with Crippen LogP contribution in [0.5, 0.6) is 11.5 Å². The maximum atomic E-state index is 9.84. The third-order valence-electron chi connectivity index (χ3n) is 3.87. The van der Waals surface area contributed by atoms with E-state index in [4.69, 9.17) is 26.4 Å². The van der Waals surface area contributed by atoms with Gasteiger partial charge in [-0.05, 0) is 82.2 Å². The van der Waals surface area contributed by atoms with E-state index in [1.165, 1.54) is 0 Å². The van der Waals surface area contributed by atoms with Crippen molar-refractivity contribution < 1.29 is 14.2 Å². The third-order valence-corrected chi connectivity index (χ3v) is 4.19. The Morgan fingerprint density at radius 2 is 1.28 bits per heavy atom. The molecule has 0 atom stereocenters. The minimum atomic E-state index is 0.0876. The highest BCUT2D eigenvalue weighted by Crippen LogP contribution is 2.31. The molecule has 0 heterocycles. The van der Waals surface area contributed by atoms with Crippen LogP contribution in [0, 0.1) is 11.3 Å². The van der Waals surface area contributed by atoms with Gasteiger partial charge in [0.15, 0.2) is 0 Å². The average molecular weight is 410 g/mol. The second kappa shape index (κ2) is 10.6. The summed E-state index contributed by atoms with van der Waals surface area (Å²) in [4.78, 5) is 0. The van der Waals surface area contributed by atoms with Gasteiger partial charge < -0.3 is 14.2 Å². The first-order valence-electron chi connectivity index (χ1n) is 9.71. The molecule has 0 bridgehead atoms. The highest BCUT2D eigenvalue weighted by molar-refractivity contribution is 7.80. The van der Waals surface area contributed by atoms with Crippen molar-refractivity contribution in [1.29, 1.82) is 5.26 Å². The summed E-state index contributed by atoms with van der Waals surface area (Å²) in [5.74, 6) is 1.55. The standard InChI is InChI=1S/C24H27NO3S/c1-6-26-24(29)22(15-25)23(18-7-11-20(12-8-18)27-16(2)3)19-9-13-21(14-10-19)28-17(4)5/h7-14,16-17H,6H2,1-5H3. The molecule has 0 radical (unpaired) electrons. The lowest BCUT2D eigenvalue weighted by atomic mass is 9.93. The molecule has 0 N–H and O–H groups in total. The second-order valence-electron chi connectivity index (χ2n) is 6.96. The fourth-order valence-electron chi connectivity index (χ4n) is 2.81. The monoisotopic (exact) mass is 409 g/mol. The molecule has 152 valence electrons. The van der Waals surface area contributed by atoms with Gasteiger partial charge in [0.2, 0.25) is 5.05 Å². The van der Waals surface area contributed by atoms with Crippen molar-refractivity contribution in [2.24, 2.45) is 0 Å². The molecule has 0 fully saturated rings. The molecule has 0 saturated carbocycles. The van der Waals surface area contributed by atoms with E-state index >= 15 is 0 Å². The van der Waals surface area contributed by atoms with Crippen molar-refractivity contribution in [3.8, 4) is 17.6 Å². The molecular weight excluding hydrogens is 382 g/mol. The van der Waals surface area contributed by atoms with Gasteiger partial charge in [-0.1, -0.05) is 24.3 Å². The van der Waals surface area contributed by atoms with Gasteiger partial charge in [-0.25, -0.2) is 0 Å². The van der Waals surface area contributed by atoms with E-state index < -0.39 is 0 Å². The molecule has 0 aliphatic rings. The Bertz CT molecular complexity index is 836. The maximum Gasteiger partial charge on any atom is 0.202 e. The van der Waals surface area contributed by atoms with Crippen LogP contribution < -0.4 is 9.47 Å². The molecule has 0 saturated heterocycles. The fourth-order valence-corrected chi connectivity index (χ4v) is 3.07. The Hall–Kier alpha value is -2.84. The Morgan fingerprint density at radius 1 is 0.862 bits per heavy atom. The first-order chi connectivity index (χ1) is 13.8. The van der Waals surface area contributed by atoms with E-state index in [9.17, 15) is 5.26 Å². The zero-order valence-corrected chi connectivity index (χ0v) is 18.4. The number of hydrogen-bond acceptors (Lipinski definition) is 5. The molecular formula is C24H27NO3S. The summed E-state index contributed by atoms with van der Waals surface area (Å²) in [5.41, 5.74) is 2.77. The van der Waals surface area contributed by atoms with Crippen LogP contribution in [0.3, 0.4) is 0 Å². The second-order valence-corrected chi connectivity index (χ2v) is 7.34. The minimum absolute atomic E-state index is 0.0876. The Morgan fingerprint density at radius 3 is 1.59 bits per heavy atom. The topological polar surface area (TPSA) is 51.5 Å². The Kier molecular flexibility index (Phi) is 8.23. The zero-order chi connectivity index (χ0) is 21.4. The van der Waals surface area contributed by atoms with Gasteiger partial charge in [-0.2, -0.15) is 5.26 Å². The third kappa shape index (κ3) is 6.33. The van der Waals surface area contributed by atoms with E-state index in [1.807, 2.05) is 83.1 Å². The number of thiocarbonyl (C=S) groups is 1. The lowest BCUT2D eigenvalue weighted by molar-refractivity contribution is 0.242. The summed E-state index contributed by atoms with van der Waals surface area (Å²) < 4.78 is 16.9.